The van der Waals surface area contributed by atoms with Crippen molar-refractivity contribution in [3.63, 3.8) is 0 Å². The highest BCUT2D eigenvalue weighted by atomic mass is 19.4. The molecule has 162 valence electrons. The number of nitrogens with zero attached hydrogens (tertiary/aromatic N) is 1. The number of likely N-dealkylation sites (tertiary alicyclic amines) is 1. The van der Waals surface area contributed by atoms with Crippen molar-refractivity contribution in [1.82, 2.24) is 4.90 Å². The van der Waals surface area contributed by atoms with Gasteiger partial charge < -0.3 is 14.4 Å². The van der Waals surface area contributed by atoms with Crippen LogP contribution in [-0.2, 0) is 11.3 Å². The average molecular weight is 433 g/mol. The first-order chi connectivity index (χ1) is 14.1. The first-order valence-electron chi connectivity index (χ1n) is 9.00. The molecule has 3 rings (SSSR count). The summed E-state index contributed by atoms with van der Waals surface area (Å²) in [5, 5.41) is 0. The summed E-state index contributed by atoms with van der Waals surface area (Å²) in [4.78, 5) is 13.4. The molecular formula is C20H17F6NO3. The molecule has 1 aliphatic rings. The second kappa shape index (κ2) is 8.45. The zero-order valence-electron chi connectivity index (χ0n) is 15.7. The van der Waals surface area contributed by atoms with Gasteiger partial charge in [0.2, 0.25) is 0 Å². The zero-order chi connectivity index (χ0) is 22.1. The molecule has 2 aromatic carbocycles. The number of benzene rings is 2. The summed E-state index contributed by atoms with van der Waals surface area (Å²) in [7, 11) is 0. The maximum Gasteiger partial charge on any atom is 0.573 e. The third kappa shape index (κ3) is 4.63. The number of halogens is 6. The van der Waals surface area contributed by atoms with Gasteiger partial charge in [0, 0.05) is 13.0 Å². The van der Waals surface area contributed by atoms with Gasteiger partial charge in [-0.1, -0.05) is 12.1 Å². The Kier molecular flexibility index (Phi) is 6.14. The number of carbonyl (C=O) groups is 1. The van der Waals surface area contributed by atoms with Crippen LogP contribution >= 0.6 is 0 Å². The molecule has 1 heterocycles. The van der Waals surface area contributed by atoms with E-state index in [1.807, 2.05) is 0 Å². The number of carbonyl (C=O) groups excluding carboxylic acids is 1. The molecule has 0 aliphatic carbocycles. The first-order valence-corrected chi connectivity index (χ1v) is 9.00. The lowest BCUT2D eigenvalue weighted by Gasteiger charge is -2.27. The summed E-state index contributed by atoms with van der Waals surface area (Å²) in [6.45, 7) is 1.55. The molecule has 0 radical (unpaired) electrons. The Balaban J connectivity index is 1.91. The van der Waals surface area contributed by atoms with Crippen molar-refractivity contribution in [3.8, 4) is 11.5 Å². The maximum atomic E-state index is 14.5. The van der Waals surface area contributed by atoms with Gasteiger partial charge in [-0.3, -0.25) is 4.79 Å². The molecule has 0 spiro atoms. The molecule has 0 aromatic heterocycles. The smallest absolute Gasteiger partial charge is 0.493 e. The summed E-state index contributed by atoms with van der Waals surface area (Å²) in [5.74, 6) is -3.81. The molecule has 1 fully saturated rings. The number of rotatable bonds is 6. The van der Waals surface area contributed by atoms with Crippen molar-refractivity contribution < 1.29 is 40.6 Å². The topological polar surface area (TPSA) is 38.8 Å². The molecule has 0 saturated carbocycles. The molecule has 1 amide bonds. The average Bonchev–Trinajstić information content (AvgIpc) is 2.91. The summed E-state index contributed by atoms with van der Waals surface area (Å²) >= 11 is 0. The Morgan fingerprint density at radius 3 is 2.47 bits per heavy atom. The van der Waals surface area contributed by atoms with Crippen molar-refractivity contribution in [2.75, 3.05) is 6.61 Å². The molecule has 0 N–H and O–H groups in total. The van der Waals surface area contributed by atoms with Gasteiger partial charge in [-0.15, -0.1) is 13.2 Å². The van der Waals surface area contributed by atoms with Gasteiger partial charge in [0.25, 0.3) is 5.91 Å². The Morgan fingerprint density at radius 2 is 1.83 bits per heavy atom. The van der Waals surface area contributed by atoms with Crippen LogP contribution in [0.15, 0.2) is 36.4 Å². The van der Waals surface area contributed by atoms with Gasteiger partial charge in [0.05, 0.1) is 18.2 Å². The highest BCUT2D eigenvalue weighted by molar-refractivity contribution is 5.84. The van der Waals surface area contributed by atoms with Crippen LogP contribution in [0.1, 0.15) is 30.5 Å². The van der Waals surface area contributed by atoms with E-state index in [9.17, 15) is 31.1 Å². The van der Waals surface area contributed by atoms with E-state index in [0.29, 0.717) is 0 Å². The van der Waals surface area contributed by atoms with Gasteiger partial charge in [-0.25, -0.2) is 13.2 Å². The lowest BCUT2D eigenvalue weighted by molar-refractivity contribution is -0.275. The van der Waals surface area contributed by atoms with Crippen molar-refractivity contribution in [2.24, 2.45) is 0 Å². The van der Waals surface area contributed by atoms with Crippen molar-refractivity contribution in [1.29, 1.82) is 0 Å². The van der Waals surface area contributed by atoms with Crippen LogP contribution in [0.2, 0.25) is 0 Å². The van der Waals surface area contributed by atoms with Gasteiger partial charge in [0.15, 0.2) is 17.7 Å². The molecule has 10 heteroatoms. The molecular weight excluding hydrogens is 416 g/mol. The van der Waals surface area contributed by atoms with Gasteiger partial charge >= 0.3 is 6.36 Å². The lowest BCUT2D eigenvalue weighted by Crippen LogP contribution is -2.30. The first kappa shape index (κ1) is 21.8. The Bertz CT molecular complexity index is 933. The van der Waals surface area contributed by atoms with E-state index in [1.165, 1.54) is 12.1 Å². The fraction of sp³-hybridized carbons (Fsp3) is 0.350. The molecule has 2 atom stereocenters. The summed E-state index contributed by atoms with van der Waals surface area (Å²) in [6.07, 6.45) is -7.31. The summed E-state index contributed by atoms with van der Waals surface area (Å²) < 4.78 is 88.6. The van der Waals surface area contributed by atoms with E-state index in [2.05, 4.69) is 4.74 Å². The number of ether oxygens (including phenoxy) is 2. The van der Waals surface area contributed by atoms with Crippen LogP contribution < -0.4 is 9.47 Å². The zero-order valence-corrected chi connectivity index (χ0v) is 15.7. The number of amides is 1. The van der Waals surface area contributed by atoms with E-state index < -0.39 is 41.9 Å². The Hall–Kier alpha value is -2.91. The predicted octanol–water partition coefficient (Wildman–Crippen LogP) is 5.07. The van der Waals surface area contributed by atoms with E-state index in [0.717, 1.165) is 29.2 Å². The minimum atomic E-state index is -5.07. The maximum absolute atomic E-state index is 14.5. The lowest BCUT2D eigenvalue weighted by atomic mass is 10.0. The Labute approximate surface area is 168 Å². The monoisotopic (exact) mass is 433 g/mol. The third-order valence-electron chi connectivity index (χ3n) is 4.58. The third-order valence-corrected chi connectivity index (χ3v) is 4.58. The van der Waals surface area contributed by atoms with E-state index in [4.69, 9.17) is 4.74 Å². The molecule has 2 aromatic rings. The standard InChI is InChI=1S/C20H17F6NO3/c1-2-29-17-5-3-4-12(21)18(17)15-9-14(23)19(28)27(15)10-11-6-7-16(13(22)8-11)30-20(24,25)26/h3-8,14-15H,2,9-10H2,1H3. The van der Waals surface area contributed by atoms with E-state index >= 15 is 0 Å². The van der Waals surface area contributed by atoms with E-state index in [1.54, 1.807) is 6.92 Å². The molecule has 30 heavy (non-hydrogen) atoms. The Morgan fingerprint density at radius 1 is 1.10 bits per heavy atom. The second-order valence-electron chi connectivity index (χ2n) is 6.58. The number of hydrogen-bond donors (Lipinski definition) is 0. The van der Waals surface area contributed by atoms with Gasteiger partial charge in [-0.2, -0.15) is 0 Å². The SMILES string of the molecule is CCOc1cccc(F)c1C1CC(F)C(=O)N1Cc1ccc(OC(F)(F)F)c(F)c1. The quantitative estimate of drug-likeness (QED) is 0.597. The molecule has 1 aliphatic heterocycles. The summed E-state index contributed by atoms with van der Waals surface area (Å²) in [5.41, 5.74) is 0.0779. The predicted molar refractivity (Wildman–Crippen MR) is 93.5 cm³/mol. The van der Waals surface area contributed by atoms with Crippen molar-refractivity contribution in [3.05, 3.63) is 59.2 Å². The number of hydrogen-bond acceptors (Lipinski definition) is 3. The van der Waals surface area contributed by atoms with Crippen LogP contribution in [0.3, 0.4) is 0 Å². The fourth-order valence-electron chi connectivity index (χ4n) is 3.39. The van der Waals surface area contributed by atoms with Crippen LogP contribution in [0.25, 0.3) is 0 Å². The van der Waals surface area contributed by atoms with Crippen LogP contribution in [0.5, 0.6) is 11.5 Å². The minimum Gasteiger partial charge on any atom is -0.493 e. The van der Waals surface area contributed by atoms with Crippen molar-refractivity contribution in [2.45, 2.75) is 38.5 Å². The van der Waals surface area contributed by atoms with Crippen LogP contribution in [0.4, 0.5) is 26.3 Å². The van der Waals surface area contributed by atoms with E-state index in [-0.39, 0.29) is 36.4 Å². The number of alkyl halides is 4. The molecule has 2 unspecified atom stereocenters. The largest absolute Gasteiger partial charge is 0.573 e. The van der Waals surface area contributed by atoms with Crippen molar-refractivity contribution >= 4 is 5.91 Å². The molecule has 0 bridgehead atoms. The normalized spacial score (nSPS) is 19.3. The summed E-state index contributed by atoms with van der Waals surface area (Å²) in [6, 6.07) is 5.65. The fourth-order valence-corrected chi connectivity index (χ4v) is 3.39. The van der Waals surface area contributed by atoms with Gasteiger partial charge in [0.1, 0.15) is 11.6 Å². The van der Waals surface area contributed by atoms with Gasteiger partial charge in [-0.05, 0) is 36.8 Å². The molecule has 4 nitrogen and oxygen atoms in total. The highest BCUT2D eigenvalue weighted by Crippen LogP contribution is 2.41. The van der Waals surface area contributed by atoms with Crippen LogP contribution in [0, 0.1) is 11.6 Å². The molecule has 1 saturated heterocycles. The van der Waals surface area contributed by atoms with Crippen LogP contribution in [-0.4, -0.2) is 29.9 Å². The second-order valence-corrected chi connectivity index (χ2v) is 6.58. The minimum absolute atomic E-state index is 0.00894. The highest BCUT2D eigenvalue weighted by Gasteiger charge is 2.43.